The highest BCUT2D eigenvalue weighted by Gasteiger charge is 2.33. The number of thiophene rings is 2. The Kier molecular flexibility index (Phi) is 5.51. The monoisotopic (exact) mass is 420 g/mol. The van der Waals surface area contributed by atoms with Gasteiger partial charge in [0.1, 0.15) is 0 Å². The van der Waals surface area contributed by atoms with Crippen molar-refractivity contribution in [2.45, 2.75) is 37.5 Å². The van der Waals surface area contributed by atoms with Crippen LogP contribution in [0.1, 0.15) is 34.7 Å². The van der Waals surface area contributed by atoms with Gasteiger partial charge in [0.2, 0.25) is 5.91 Å². The van der Waals surface area contributed by atoms with Crippen molar-refractivity contribution >= 4 is 40.3 Å². The van der Waals surface area contributed by atoms with Crippen molar-refractivity contribution in [3.8, 4) is 0 Å². The summed E-state index contributed by atoms with van der Waals surface area (Å²) in [6.45, 7) is 3.33. The highest BCUT2D eigenvalue weighted by atomic mass is 32.2. The number of carbonyl (C=O) groups is 1. The van der Waals surface area contributed by atoms with Gasteiger partial charge >= 0.3 is 5.69 Å². The van der Waals surface area contributed by atoms with Crippen molar-refractivity contribution < 1.29 is 4.79 Å². The second kappa shape index (κ2) is 8.04. The smallest absolute Gasteiger partial charge is 0.330 e. The quantitative estimate of drug-likeness (QED) is 0.621. The summed E-state index contributed by atoms with van der Waals surface area (Å²) in [4.78, 5) is 29.4. The standard InChI is InChI=1S/C18H20N4O2S3/c1-2-7-22-17(24)19-20-18(22)27-11-15(23)21-8-5-13-12(6-10-26-13)16(21)14-4-3-9-25-14/h3-4,6,9-10,16H,2,5,7-8,11H2,1H3,(H,19,24)/t16-/m0/s1. The minimum atomic E-state index is -0.218. The number of aromatic amines is 1. The fourth-order valence-corrected chi connectivity index (χ4v) is 6.00. The van der Waals surface area contributed by atoms with E-state index in [-0.39, 0.29) is 23.4 Å². The van der Waals surface area contributed by atoms with E-state index in [1.165, 1.54) is 27.1 Å². The van der Waals surface area contributed by atoms with Crippen LogP contribution in [0.15, 0.2) is 38.9 Å². The summed E-state index contributed by atoms with van der Waals surface area (Å²) < 4.78 is 1.60. The van der Waals surface area contributed by atoms with Crippen LogP contribution in [0.4, 0.5) is 0 Å². The third kappa shape index (κ3) is 3.63. The Hall–Kier alpha value is -1.84. The van der Waals surface area contributed by atoms with E-state index in [4.69, 9.17) is 0 Å². The zero-order valence-corrected chi connectivity index (χ0v) is 17.3. The molecule has 142 valence electrons. The number of hydrogen-bond acceptors (Lipinski definition) is 6. The van der Waals surface area contributed by atoms with Crippen LogP contribution in [-0.2, 0) is 17.8 Å². The van der Waals surface area contributed by atoms with Gasteiger partial charge in [-0.2, -0.15) is 0 Å². The Morgan fingerprint density at radius 1 is 1.37 bits per heavy atom. The van der Waals surface area contributed by atoms with E-state index in [1.807, 2.05) is 17.9 Å². The molecule has 1 N–H and O–H groups in total. The molecule has 0 aliphatic carbocycles. The number of nitrogens with one attached hydrogen (secondary N) is 1. The van der Waals surface area contributed by atoms with Crippen LogP contribution < -0.4 is 5.69 Å². The van der Waals surface area contributed by atoms with Crippen LogP contribution in [0.5, 0.6) is 0 Å². The molecule has 4 heterocycles. The van der Waals surface area contributed by atoms with E-state index in [1.54, 1.807) is 27.2 Å². The summed E-state index contributed by atoms with van der Waals surface area (Å²) in [5.41, 5.74) is 1.03. The highest BCUT2D eigenvalue weighted by molar-refractivity contribution is 7.99. The molecule has 9 heteroatoms. The van der Waals surface area contributed by atoms with E-state index in [9.17, 15) is 9.59 Å². The van der Waals surface area contributed by atoms with Crippen molar-refractivity contribution in [2.75, 3.05) is 12.3 Å². The number of H-pyrrole nitrogens is 1. The molecule has 4 rings (SSSR count). The zero-order valence-electron chi connectivity index (χ0n) is 14.9. The largest absolute Gasteiger partial charge is 0.343 e. The molecule has 1 aliphatic heterocycles. The van der Waals surface area contributed by atoms with Gasteiger partial charge in [-0.05, 0) is 41.3 Å². The van der Waals surface area contributed by atoms with Crippen LogP contribution in [0.25, 0.3) is 0 Å². The van der Waals surface area contributed by atoms with E-state index in [0.29, 0.717) is 11.7 Å². The minimum Gasteiger partial charge on any atom is -0.330 e. The Labute approximate surface area is 169 Å². The summed E-state index contributed by atoms with van der Waals surface area (Å²) >= 11 is 4.78. The average Bonchev–Trinajstić information content (AvgIpc) is 3.41. The molecule has 1 amide bonds. The molecule has 0 saturated carbocycles. The Balaban J connectivity index is 1.54. The average molecular weight is 421 g/mol. The summed E-state index contributed by atoms with van der Waals surface area (Å²) in [5.74, 6) is 0.351. The van der Waals surface area contributed by atoms with Crippen LogP contribution in [0, 0.1) is 0 Å². The molecular formula is C18H20N4O2S3. The number of thioether (sulfide) groups is 1. The lowest BCUT2D eigenvalue weighted by molar-refractivity contribution is -0.130. The minimum absolute atomic E-state index is 0.00915. The Bertz CT molecular complexity index is 973. The molecule has 6 nitrogen and oxygen atoms in total. The number of nitrogens with zero attached hydrogens (tertiary/aromatic N) is 3. The van der Waals surface area contributed by atoms with Gasteiger partial charge in [-0.1, -0.05) is 24.8 Å². The normalized spacial score (nSPS) is 16.5. The molecule has 3 aromatic rings. The van der Waals surface area contributed by atoms with Crippen molar-refractivity contribution in [3.63, 3.8) is 0 Å². The number of aromatic nitrogens is 3. The van der Waals surface area contributed by atoms with Crippen LogP contribution in [0.3, 0.4) is 0 Å². The van der Waals surface area contributed by atoms with Gasteiger partial charge in [-0.15, -0.1) is 27.8 Å². The lowest BCUT2D eigenvalue weighted by Crippen LogP contribution is -2.40. The third-order valence-electron chi connectivity index (χ3n) is 4.59. The maximum absolute atomic E-state index is 13.1. The lowest BCUT2D eigenvalue weighted by atomic mass is 9.98. The second-order valence-electron chi connectivity index (χ2n) is 6.31. The highest BCUT2D eigenvalue weighted by Crippen LogP contribution is 2.39. The van der Waals surface area contributed by atoms with Gasteiger partial charge < -0.3 is 4.90 Å². The van der Waals surface area contributed by atoms with Crippen LogP contribution >= 0.6 is 34.4 Å². The van der Waals surface area contributed by atoms with E-state index in [0.717, 1.165) is 19.4 Å². The molecular weight excluding hydrogens is 400 g/mol. The Morgan fingerprint density at radius 2 is 2.26 bits per heavy atom. The topological polar surface area (TPSA) is 71.0 Å². The van der Waals surface area contributed by atoms with Crippen molar-refractivity contribution in [2.24, 2.45) is 0 Å². The van der Waals surface area contributed by atoms with E-state index < -0.39 is 0 Å². The zero-order chi connectivity index (χ0) is 18.8. The predicted molar refractivity (Wildman–Crippen MR) is 110 cm³/mol. The first-order valence-corrected chi connectivity index (χ1v) is 11.6. The summed E-state index contributed by atoms with van der Waals surface area (Å²) in [5, 5.41) is 11.3. The first kappa shape index (κ1) is 18.5. The number of amides is 1. The number of carbonyl (C=O) groups excluding carboxylic acids is 1. The predicted octanol–water partition coefficient (Wildman–Crippen LogP) is 3.37. The molecule has 0 aromatic carbocycles. The number of rotatable bonds is 6. The molecule has 0 saturated heterocycles. The fourth-order valence-electron chi connectivity index (χ4n) is 3.38. The van der Waals surface area contributed by atoms with Gasteiger partial charge in [-0.25, -0.2) is 9.89 Å². The number of fused-ring (bicyclic) bond motifs is 1. The SMILES string of the molecule is CCCn1c(SCC(=O)N2CCc3sccc3[C@H]2c2cccs2)n[nH]c1=O. The van der Waals surface area contributed by atoms with Gasteiger partial charge in [0.05, 0.1) is 11.8 Å². The maximum atomic E-state index is 13.1. The van der Waals surface area contributed by atoms with Crippen molar-refractivity contribution in [3.05, 3.63) is 54.8 Å². The molecule has 0 unspecified atom stereocenters. The van der Waals surface area contributed by atoms with Crippen LogP contribution in [-0.4, -0.2) is 37.9 Å². The van der Waals surface area contributed by atoms with Gasteiger partial charge in [0.25, 0.3) is 0 Å². The van der Waals surface area contributed by atoms with E-state index in [2.05, 4.69) is 33.1 Å². The molecule has 3 aromatic heterocycles. The lowest BCUT2D eigenvalue weighted by Gasteiger charge is -2.35. The van der Waals surface area contributed by atoms with Crippen molar-refractivity contribution in [1.29, 1.82) is 0 Å². The second-order valence-corrected chi connectivity index (χ2v) is 9.23. The van der Waals surface area contributed by atoms with Gasteiger partial charge in [0.15, 0.2) is 5.16 Å². The molecule has 1 aliphatic rings. The third-order valence-corrected chi connectivity index (χ3v) is 7.48. The van der Waals surface area contributed by atoms with Crippen molar-refractivity contribution in [1.82, 2.24) is 19.7 Å². The first-order valence-electron chi connectivity index (χ1n) is 8.86. The van der Waals surface area contributed by atoms with Crippen LogP contribution in [0.2, 0.25) is 0 Å². The van der Waals surface area contributed by atoms with E-state index >= 15 is 0 Å². The molecule has 0 spiro atoms. The summed E-state index contributed by atoms with van der Waals surface area (Å²) in [6.07, 6.45) is 1.74. The Morgan fingerprint density at radius 3 is 3.04 bits per heavy atom. The fraction of sp³-hybridized carbons (Fsp3) is 0.389. The first-order chi connectivity index (χ1) is 13.2. The molecule has 0 radical (unpaired) electrons. The number of hydrogen-bond donors (Lipinski definition) is 1. The van der Waals surface area contributed by atoms with Gasteiger partial charge in [0, 0.05) is 22.8 Å². The molecule has 0 fully saturated rings. The summed E-state index contributed by atoms with van der Waals surface area (Å²) in [6, 6.07) is 6.27. The maximum Gasteiger partial charge on any atom is 0.343 e. The molecule has 0 bridgehead atoms. The summed E-state index contributed by atoms with van der Waals surface area (Å²) in [7, 11) is 0. The molecule has 1 atom stereocenters. The van der Waals surface area contributed by atoms with Gasteiger partial charge in [-0.3, -0.25) is 9.36 Å². The molecule has 27 heavy (non-hydrogen) atoms.